The maximum Gasteiger partial charge on any atom is 0.330 e. The highest BCUT2D eigenvalue weighted by molar-refractivity contribution is 7.99. The van der Waals surface area contributed by atoms with Crippen LogP contribution < -0.4 is 5.32 Å². The van der Waals surface area contributed by atoms with Gasteiger partial charge in [-0.2, -0.15) is 0 Å². The number of thioether (sulfide) groups is 1. The normalized spacial score (nSPS) is 24.4. The van der Waals surface area contributed by atoms with Gasteiger partial charge in [0.1, 0.15) is 5.54 Å². The Morgan fingerprint density at radius 1 is 1.36 bits per heavy atom. The van der Waals surface area contributed by atoms with Crippen molar-refractivity contribution in [2.75, 3.05) is 12.4 Å². The molecule has 5 nitrogen and oxygen atoms in total. The second-order valence-corrected chi connectivity index (χ2v) is 8.29. The molecule has 1 aromatic rings. The monoisotopic (exact) mass is 385 g/mol. The van der Waals surface area contributed by atoms with Crippen molar-refractivity contribution < 1.29 is 19.4 Å². The van der Waals surface area contributed by atoms with Crippen LogP contribution >= 0.6 is 23.4 Å². The van der Waals surface area contributed by atoms with Gasteiger partial charge in [0.25, 0.3) is 0 Å². The van der Waals surface area contributed by atoms with Gasteiger partial charge in [0.05, 0.1) is 6.10 Å². The first-order valence-corrected chi connectivity index (χ1v) is 9.63. The van der Waals surface area contributed by atoms with Gasteiger partial charge in [0, 0.05) is 40.5 Å². The Labute approximate surface area is 157 Å². The van der Waals surface area contributed by atoms with Crippen LogP contribution in [0.1, 0.15) is 33.6 Å². The molecule has 0 aliphatic heterocycles. The molecule has 2 rings (SSSR count). The van der Waals surface area contributed by atoms with Gasteiger partial charge in [-0.3, -0.25) is 4.79 Å². The molecule has 138 valence electrons. The minimum atomic E-state index is -1.27. The van der Waals surface area contributed by atoms with E-state index >= 15 is 0 Å². The summed E-state index contributed by atoms with van der Waals surface area (Å²) >= 11 is 7.38. The molecule has 2 unspecified atom stereocenters. The van der Waals surface area contributed by atoms with Crippen LogP contribution in [0.15, 0.2) is 29.2 Å². The fourth-order valence-corrected chi connectivity index (χ4v) is 4.11. The number of carbonyl (C=O) groups excluding carboxylic acids is 1. The second-order valence-electron chi connectivity index (χ2n) is 6.68. The third-order valence-electron chi connectivity index (χ3n) is 4.89. The number of rotatable bonds is 8. The lowest BCUT2D eigenvalue weighted by Gasteiger charge is -2.58. The number of hydrogen-bond donors (Lipinski definition) is 2. The summed E-state index contributed by atoms with van der Waals surface area (Å²) in [5.74, 6) is -0.697. The number of carboxylic acid groups (broad SMARTS) is 1. The third kappa shape index (κ3) is 4.13. The first-order valence-electron chi connectivity index (χ1n) is 8.27. The van der Waals surface area contributed by atoms with Crippen molar-refractivity contribution >= 4 is 35.2 Å². The van der Waals surface area contributed by atoms with Gasteiger partial charge in [0.15, 0.2) is 0 Å². The molecule has 1 aromatic carbocycles. The van der Waals surface area contributed by atoms with E-state index in [1.807, 2.05) is 32.9 Å². The molecule has 7 heteroatoms. The quantitative estimate of drug-likeness (QED) is 0.669. The Bertz CT molecular complexity index is 634. The molecule has 1 amide bonds. The Balaban J connectivity index is 1.91. The third-order valence-corrected chi connectivity index (χ3v) is 6.16. The van der Waals surface area contributed by atoms with Crippen molar-refractivity contribution in [3.05, 3.63) is 29.3 Å². The van der Waals surface area contributed by atoms with Gasteiger partial charge in [-0.15, -0.1) is 11.8 Å². The summed E-state index contributed by atoms with van der Waals surface area (Å²) in [6.07, 6.45) is 0.370. The summed E-state index contributed by atoms with van der Waals surface area (Å²) in [6, 6.07) is 7.39. The van der Waals surface area contributed by atoms with E-state index in [1.54, 1.807) is 12.1 Å². The van der Waals surface area contributed by atoms with Gasteiger partial charge >= 0.3 is 5.97 Å². The van der Waals surface area contributed by atoms with Gasteiger partial charge in [0.2, 0.25) is 5.91 Å². The number of carboxylic acids is 1. The van der Waals surface area contributed by atoms with Crippen molar-refractivity contribution in [2.24, 2.45) is 5.41 Å². The number of amides is 1. The van der Waals surface area contributed by atoms with Crippen LogP contribution in [0.3, 0.4) is 0 Å². The van der Waals surface area contributed by atoms with Crippen LogP contribution in [0.25, 0.3) is 0 Å². The minimum absolute atomic E-state index is 0.169. The molecule has 0 bridgehead atoms. The van der Waals surface area contributed by atoms with E-state index < -0.39 is 16.9 Å². The lowest BCUT2D eigenvalue weighted by atomic mass is 9.54. The molecule has 1 saturated carbocycles. The number of carbonyl (C=O) groups is 2. The van der Waals surface area contributed by atoms with Crippen LogP contribution in [-0.2, 0) is 14.3 Å². The van der Waals surface area contributed by atoms with Crippen LogP contribution in [0.2, 0.25) is 5.02 Å². The zero-order valence-electron chi connectivity index (χ0n) is 14.7. The van der Waals surface area contributed by atoms with E-state index in [4.69, 9.17) is 16.3 Å². The molecule has 0 heterocycles. The predicted molar refractivity (Wildman–Crippen MR) is 99.1 cm³/mol. The Morgan fingerprint density at radius 3 is 2.52 bits per heavy atom. The number of benzene rings is 1. The molecule has 2 atom stereocenters. The maximum absolute atomic E-state index is 12.3. The summed E-state index contributed by atoms with van der Waals surface area (Å²) < 4.78 is 5.60. The zero-order valence-corrected chi connectivity index (χ0v) is 16.2. The summed E-state index contributed by atoms with van der Waals surface area (Å²) in [7, 11) is 0. The van der Waals surface area contributed by atoms with E-state index in [9.17, 15) is 14.7 Å². The van der Waals surface area contributed by atoms with Gasteiger partial charge < -0.3 is 15.2 Å². The summed E-state index contributed by atoms with van der Waals surface area (Å²) in [6.45, 7) is 6.06. The SMILES string of the molecule is CCOC1CC(NC(=O)CCSc2ccc(Cl)cc2)(C(=O)O)C1(C)C. The molecule has 0 saturated heterocycles. The van der Waals surface area contributed by atoms with Gasteiger partial charge in [-0.05, 0) is 31.2 Å². The zero-order chi connectivity index (χ0) is 18.7. The highest BCUT2D eigenvalue weighted by Crippen LogP contribution is 2.51. The maximum atomic E-state index is 12.3. The van der Waals surface area contributed by atoms with Crippen molar-refractivity contribution in [1.29, 1.82) is 0 Å². The lowest BCUT2D eigenvalue weighted by Crippen LogP contribution is -2.76. The predicted octanol–water partition coefficient (Wildman–Crippen LogP) is 3.60. The molecule has 1 fully saturated rings. The molecule has 0 radical (unpaired) electrons. The molecule has 2 N–H and O–H groups in total. The molecular formula is C18H24ClNO4S. The largest absolute Gasteiger partial charge is 0.479 e. The van der Waals surface area contributed by atoms with Crippen molar-refractivity contribution in [3.63, 3.8) is 0 Å². The molecule has 0 aromatic heterocycles. The van der Waals surface area contributed by atoms with E-state index in [1.165, 1.54) is 11.8 Å². The van der Waals surface area contributed by atoms with Crippen LogP contribution in [0.4, 0.5) is 0 Å². The highest BCUT2D eigenvalue weighted by atomic mass is 35.5. The second kappa shape index (κ2) is 7.98. The van der Waals surface area contributed by atoms with Crippen LogP contribution in [-0.4, -0.2) is 41.0 Å². The van der Waals surface area contributed by atoms with Crippen LogP contribution in [0, 0.1) is 5.41 Å². The van der Waals surface area contributed by atoms with Gasteiger partial charge in [-0.25, -0.2) is 4.79 Å². The van der Waals surface area contributed by atoms with E-state index in [-0.39, 0.29) is 18.4 Å². The lowest BCUT2D eigenvalue weighted by molar-refractivity contribution is -0.194. The average Bonchev–Trinajstić information content (AvgIpc) is 2.55. The first-order chi connectivity index (χ1) is 11.7. The van der Waals surface area contributed by atoms with Crippen molar-refractivity contribution in [1.82, 2.24) is 5.32 Å². The number of aliphatic carboxylic acids is 1. The van der Waals surface area contributed by atoms with Crippen molar-refractivity contribution in [2.45, 2.75) is 50.2 Å². The number of nitrogens with one attached hydrogen (secondary N) is 1. The van der Waals surface area contributed by atoms with Gasteiger partial charge in [-0.1, -0.05) is 25.4 Å². The van der Waals surface area contributed by atoms with Crippen LogP contribution in [0.5, 0.6) is 0 Å². The van der Waals surface area contributed by atoms with E-state index in [0.717, 1.165) is 4.90 Å². The molecule has 0 spiro atoms. The smallest absolute Gasteiger partial charge is 0.330 e. The molecule has 1 aliphatic rings. The average molecular weight is 386 g/mol. The summed E-state index contributed by atoms with van der Waals surface area (Å²) in [5.41, 5.74) is -1.93. The minimum Gasteiger partial charge on any atom is -0.479 e. The Hall–Kier alpha value is -1.24. The molecular weight excluding hydrogens is 362 g/mol. The number of halogens is 1. The summed E-state index contributed by atoms with van der Waals surface area (Å²) in [5, 5.41) is 13.1. The summed E-state index contributed by atoms with van der Waals surface area (Å²) in [4.78, 5) is 25.2. The fourth-order valence-electron chi connectivity index (χ4n) is 3.13. The fraction of sp³-hybridized carbons (Fsp3) is 0.556. The van der Waals surface area contributed by atoms with E-state index in [0.29, 0.717) is 23.8 Å². The molecule has 25 heavy (non-hydrogen) atoms. The Kier molecular flexibility index (Phi) is 6.40. The molecule has 1 aliphatic carbocycles. The first kappa shape index (κ1) is 20.1. The van der Waals surface area contributed by atoms with Crippen molar-refractivity contribution in [3.8, 4) is 0 Å². The number of hydrogen-bond acceptors (Lipinski definition) is 4. The topological polar surface area (TPSA) is 75.6 Å². The highest BCUT2D eigenvalue weighted by Gasteiger charge is 2.66. The Morgan fingerprint density at radius 2 is 2.00 bits per heavy atom. The number of ether oxygens (including phenoxy) is 1. The standard InChI is InChI=1S/C18H24ClNO4S/c1-4-24-14-11-18(16(22)23,17(14,2)3)20-15(21)9-10-25-13-7-5-12(19)6-8-13/h5-8,14H,4,9-11H2,1-3H3,(H,20,21)(H,22,23). The van der Waals surface area contributed by atoms with E-state index in [2.05, 4.69) is 5.32 Å².